The van der Waals surface area contributed by atoms with Crippen LogP contribution in [0.2, 0.25) is 0 Å². The van der Waals surface area contributed by atoms with Crippen molar-refractivity contribution < 1.29 is 8.78 Å². The van der Waals surface area contributed by atoms with E-state index in [1.807, 2.05) is 0 Å². The molecule has 0 saturated heterocycles. The Labute approximate surface area is 141 Å². The molecule has 4 aromatic rings. The molecule has 122 valence electrons. The largest absolute Gasteiger partial charge is 0.279 e. The van der Waals surface area contributed by atoms with E-state index in [0.717, 1.165) is 0 Å². The first-order valence-electron chi connectivity index (χ1n) is 7.68. The molecule has 0 fully saturated rings. The molecule has 0 aliphatic heterocycles. The van der Waals surface area contributed by atoms with Crippen LogP contribution in [-0.4, -0.2) is 9.78 Å². The van der Waals surface area contributed by atoms with Gasteiger partial charge in [0.1, 0.15) is 17.3 Å². The van der Waals surface area contributed by atoms with E-state index in [-0.39, 0.29) is 5.56 Å². The van der Waals surface area contributed by atoms with Gasteiger partial charge in [-0.05, 0) is 42.5 Å². The second-order valence-electron chi connectivity index (χ2n) is 5.57. The summed E-state index contributed by atoms with van der Waals surface area (Å²) in [5.41, 5.74) is 0.726. The van der Waals surface area contributed by atoms with Crippen molar-refractivity contribution in [2.75, 3.05) is 0 Å². The fourth-order valence-corrected chi connectivity index (χ4v) is 2.80. The average Bonchev–Trinajstić information content (AvgIpc) is 2.64. The maximum atomic E-state index is 14.3. The standard InChI is InChI=1S/C20H12F2N2O/c21-13-9-11-14(12-10-13)24-20(25)16-6-2-1-5-15(16)19(23-24)17-7-3-4-8-18(17)22/h1-12H. The van der Waals surface area contributed by atoms with Crippen molar-refractivity contribution in [2.24, 2.45) is 0 Å². The van der Waals surface area contributed by atoms with E-state index in [1.54, 1.807) is 42.5 Å². The lowest BCUT2D eigenvalue weighted by Gasteiger charge is -2.11. The van der Waals surface area contributed by atoms with Gasteiger partial charge < -0.3 is 0 Å². The summed E-state index contributed by atoms with van der Waals surface area (Å²) in [5, 5.41) is 5.36. The second-order valence-corrected chi connectivity index (χ2v) is 5.57. The molecule has 0 radical (unpaired) electrons. The third-order valence-electron chi connectivity index (χ3n) is 4.01. The van der Waals surface area contributed by atoms with E-state index in [4.69, 9.17) is 0 Å². The molecular weight excluding hydrogens is 322 g/mol. The van der Waals surface area contributed by atoms with Gasteiger partial charge in [0.05, 0.1) is 11.1 Å². The zero-order chi connectivity index (χ0) is 17.4. The lowest BCUT2D eigenvalue weighted by Crippen LogP contribution is -2.22. The van der Waals surface area contributed by atoms with Crippen molar-refractivity contribution >= 4 is 10.8 Å². The maximum Gasteiger partial charge on any atom is 0.279 e. The normalized spacial score (nSPS) is 11.0. The number of nitrogens with zero attached hydrogens (tertiary/aromatic N) is 2. The smallest absolute Gasteiger partial charge is 0.267 e. The Bertz CT molecular complexity index is 1130. The summed E-state index contributed by atoms with van der Waals surface area (Å²) in [7, 11) is 0. The molecule has 1 heterocycles. The predicted molar refractivity (Wildman–Crippen MR) is 92.7 cm³/mol. The Morgan fingerprint density at radius 1 is 0.760 bits per heavy atom. The second kappa shape index (κ2) is 5.94. The Morgan fingerprint density at radius 3 is 2.12 bits per heavy atom. The molecule has 0 aliphatic rings. The fourth-order valence-electron chi connectivity index (χ4n) is 2.80. The number of rotatable bonds is 2. The topological polar surface area (TPSA) is 34.9 Å². The number of fused-ring (bicyclic) bond motifs is 1. The van der Waals surface area contributed by atoms with Gasteiger partial charge in [0.25, 0.3) is 5.56 Å². The first-order chi connectivity index (χ1) is 12.1. The van der Waals surface area contributed by atoms with E-state index in [2.05, 4.69) is 5.10 Å². The number of benzene rings is 3. The van der Waals surface area contributed by atoms with Crippen molar-refractivity contribution in [3.05, 3.63) is 94.8 Å². The van der Waals surface area contributed by atoms with E-state index < -0.39 is 11.6 Å². The van der Waals surface area contributed by atoms with Crippen LogP contribution in [-0.2, 0) is 0 Å². The van der Waals surface area contributed by atoms with E-state index in [1.165, 1.54) is 35.0 Å². The zero-order valence-corrected chi connectivity index (χ0v) is 13.0. The Kier molecular flexibility index (Phi) is 3.61. The molecule has 0 aliphatic carbocycles. The van der Waals surface area contributed by atoms with Crippen molar-refractivity contribution in [1.29, 1.82) is 0 Å². The highest BCUT2D eigenvalue weighted by Gasteiger charge is 2.15. The van der Waals surface area contributed by atoms with Gasteiger partial charge in [0.15, 0.2) is 0 Å². The van der Waals surface area contributed by atoms with Crippen LogP contribution in [0.3, 0.4) is 0 Å². The van der Waals surface area contributed by atoms with Gasteiger partial charge in [-0.1, -0.05) is 30.3 Å². The van der Waals surface area contributed by atoms with Gasteiger partial charge >= 0.3 is 0 Å². The molecule has 0 amide bonds. The molecule has 0 saturated carbocycles. The van der Waals surface area contributed by atoms with Gasteiger partial charge in [0.2, 0.25) is 0 Å². The molecule has 1 aromatic heterocycles. The third-order valence-corrected chi connectivity index (χ3v) is 4.01. The summed E-state index contributed by atoms with van der Waals surface area (Å²) >= 11 is 0. The Morgan fingerprint density at radius 2 is 1.40 bits per heavy atom. The fraction of sp³-hybridized carbons (Fsp3) is 0. The molecule has 3 nitrogen and oxygen atoms in total. The molecule has 0 N–H and O–H groups in total. The summed E-state index contributed by atoms with van der Waals surface area (Å²) < 4.78 is 28.7. The molecule has 0 atom stereocenters. The van der Waals surface area contributed by atoms with Gasteiger partial charge in [-0.3, -0.25) is 4.79 Å². The molecule has 25 heavy (non-hydrogen) atoms. The number of hydrogen-bond donors (Lipinski definition) is 0. The SMILES string of the molecule is O=c1c2ccccc2c(-c2ccccc2F)nn1-c1ccc(F)cc1. The number of hydrogen-bond acceptors (Lipinski definition) is 2. The van der Waals surface area contributed by atoms with E-state index in [0.29, 0.717) is 27.7 Å². The highest BCUT2D eigenvalue weighted by atomic mass is 19.1. The van der Waals surface area contributed by atoms with Crippen LogP contribution in [0.25, 0.3) is 27.7 Å². The van der Waals surface area contributed by atoms with Crippen LogP contribution in [0, 0.1) is 11.6 Å². The van der Waals surface area contributed by atoms with Crippen LogP contribution < -0.4 is 5.56 Å². The lowest BCUT2D eigenvalue weighted by atomic mass is 10.0. The van der Waals surface area contributed by atoms with E-state index >= 15 is 0 Å². The molecule has 0 bridgehead atoms. The average molecular weight is 334 g/mol. The molecule has 5 heteroatoms. The van der Waals surface area contributed by atoms with Crippen molar-refractivity contribution in [3.63, 3.8) is 0 Å². The first kappa shape index (κ1) is 15.2. The van der Waals surface area contributed by atoms with Gasteiger partial charge in [-0.15, -0.1) is 0 Å². The Balaban J connectivity index is 2.09. The summed E-state index contributed by atoms with van der Waals surface area (Å²) in [6.07, 6.45) is 0. The summed E-state index contributed by atoms with van der Waals surface area (Å²) in [4.78, 5) is 12.8. The maximum absolute atomic E-state index is 14.3. The van der Waals surface area contributed by atoms with Crippen LogP contribution >= 0.6 is 0 Å². The minimum absolute atomic E-state index is 0.301. The van der Waals surface area contributed by atoms with E-state index in [9.17, 15) is 13.6 Å². The molecular formula is C20H12F2N2O. The molecule has 0 spiro atoms. The van der Waals surface area contributed by atoms with Crippen molar-refractivity contribution in [2.45, 2.75) is 0 Å². The Hall–Kier alpha value is -3.34. The van der Waals surface area contributed by atoms with Crippen molar-refractivity contribution in [3.8, 4) is 16.9 Å². The monoisotopic (exact) mass is 334 g/mol. The highest BCUT2D eigenvalue weighted by Crippen LogP contribution is 2.27. The summed E-state index contributed by atoms with van der Waals surface area (Å²) in [5.74, 6) is -0.837. The summed E-state index contributed by atoms with van der Waals surface area (Å²) in [6, 6.07) is 18.6. The molecule has 3 aromatic carbocycles. The lowest BCUT2D eigenvalue weighted by molar-refractivity contribution is 0.626. The quantitative estimate of drug-likeness (QED) is 0.547. The third kappa shape index (κ3) is 2.59. The summed E-state index contributed by atoms with van der Waals surface area (Å²) in [6.45, 7) is 0. The van der Waals surface area contributed by atoms with Crippen LogP contribution in [0.1, 0.15) is 0 Å². The zero-order valence-electron chi connectivity index (χ0n) is 13.0. The van der Waals surface area contributed by atoms with Gasteiger partial charge in [-0.25, -0.2) is 8.78 Å². The van der Waals surface area contributed by atoms with Crippen LogP contribution in [0.5, 0.6) is 0 Å². The molecule has 0 unspecified atom stereocenters. The highest BCUT2D eigenvalue weighted by molar-refractivity contribution is 5.94. The predicted octanol–water partition coefficient (Wildman–Crippen LogP) is 4.33. The van der Waals surface area contributed by atoms with Gasteiger partial charge in [-0.2, -0.15) is 9.78 Å². The van der Waals surface area contributed by atoms with Gasteiger partial charge in [0, 0.05) is 10.9 Å². The van der Waals surface area contributed by atoms with Crippen LogP contribution in [0.15, 0.2) is 77.6 Å². The van der Waals surface area contributed by atoms with Crippen molar-refractivity contribution in [1.82, 2.24) is 9.78 Å². The number of aromatic nitrogens is 2. The minimum atomic E-state index is -0.426. The van der Waals surface area contributed by atoms with Crippen LogP contribution in [0.4, 0.5) is 8.78 Å². The molecule has 4 rings (SSSR count). The number of halogens is 2. The minimum Gasteiger partial charge on any atom is -0.267 e. The first-order valence-corrected chi connectivity index (χ1v) is 7.68.